The van der Waals surface area contributed by atoms with Gasteiger partial charge in [0.05, 0.1) is 17.5 Å². The summed E-state index contributed by atoms with van der Waals surface area (Å²) in [5.74, 6) is 0.325. The van der Waals surface area contributed by atoms with Gasteiger partial charge < -0.3 is 21.3 Å². The molecule has 2 aliphatic heterocycles. The molecule has 0 unspecified atom stereocenters. The molecule has 0 radical (unpaired) electrons. The van der Waals surface area contributed by atoms with Gasteiger partial charge in [0, 0.05) is 44.8 Å². The van der Waals surface area contributed by atoms with Gasteiger partial charge in [-0.1, -0.05) is 24.9 Å². The Morgan fingerprint density at radius 1 is 1.14 bits per heavy atom. The topological polar surface area (TPSA) is 135 Å². The van der Waals surface area contributed by atoms with Crippen LogP contribution < -0.4 is 16.4 Å². The van der Waals surface area contributed by atoms with Crippen molar-refractivity contribution in [3.05, 3.63) is 40.4 Å². The third-order valence-electron chi connectivity index (χ3n) is 6.96. The highest BCUT2D eigenvalue weighted by Gasteiger charge is 2.35. The van der Waals surface area contributed by atoms with Crippen LogP contribution >= 0.6 is 11.6 Å². The number of primary amides is 1. The van der Waals surface area contributed by atoms with Crippen LogP contribution in [0.3, 0.4) is 0 Å². The number of carbonyl (C=O) groups is 2. The molecule has 2 aliphatic rings. The van der Waals surface area contributed by atoms with Crippen LogP contribution in [-0.2, 0) is 0 Å². The normalized spacial score (nSPS) is 19.7. The highest BCUT2D eigenvalue weighted by Crippen LogP contribution is 2.28. The Balaban J connectivity index is 1.40. The van der Waals surface area contributed by atoms with E-state index in [0.717, 1.165) is 51.1 Å². The highest BCUT2D eigenvalue weighted by atomic mass is 35.5. The lowest BCUT2D eigenvalue weighted by molar-refractivity contribution is 0.0481. The molecular formula is C24H33ClN8O2. The van der Waals surface area contributed by atoms with E-state index in [9.17, 15) is 9.59 Å². The first-order chi connectivity index (χ1) is 16.8. The summed E-state index contributed by atoms with van der Waals surface area (Å²) in [7, 11) is 0. The summed E-state index contributed by atoms with van der Waals surface area (Å²) >= 11 is 5.88. The van der Waals surface area contributed by atoms with Crippen molar-refractivity contribution in [2.75, 3.05) is 43.4 Å². The van der Waals surface area contributed by atoms with Crippen LogP contribution in [0, 0.1) is 6.92 Å². The molecule has 4 N–H and O–H groups in total. The van der Waals surface area contributed by atoms with Gasteiger partial charge in [-0.2, -0.15) is 0 Å². The molecule has 2 amide bonds. The van der Waals surface area contributed by atoms with Crippen molar-refractivity contribution in [3.8, 4) is 0 Å². The van der Waals surface area contributed by atoms with Gasteiger partial charge in [-0.3, -0.25) is 14.5 Å². The predicted molar refractivity (Wildman–Crippen MR) is 135 cm³/mol. The Hall–Kier alpha value is -2.98. The number of nitrogen functional groups attached to an aromatic ring is 1. The van der Waals surface area contributed by atoms with Gasteiger partial charge in [-0.05, 0) is 38.3 Å². The Kier molecular flexibility index (Phi) is 7.71. The fourth-order valence-electron chi connectivity index (χ4n) is 5.24. The smallest absolute Gasteiger partial charge is 0.268 e. The van der Waals surface area contributed by atoms with Crippen LogP contribution in [0.1, 0.15) is 59.1 Å². The molecule has 2 saturated heterocycles. The Morgan fingerprint density at radius 3 is 2.51 bits per heavy atom. The summed E-state index contributed by atoms with van der Waals surface area (Å²) in [5, 5.41) is 0.281. The third-order valence-corrected chi connectivity index (χ3v) is 7.18. The fraction of sp³-hybridized carbons (Fsp3) is 0.542. The molecule has 0 aliphatic carbocycles. The quantitative estimate of drug-likeness (QED) is 0.576. The number of anilines is 2. The summed E-state index contributed by atoms with van der Waals surface area (Å²) in [6.07, 6.45) is 5.45. The average molecular weight is 501 g/mol. The summed E-state index contributed by atoms with van der Waals surface area (Å²) in [6.45, 7) is 8.04. The summed E-state index contributed by atoms with van der Waals surface area (Å²) in [6, 6.07) is 4.05. The summed E-state index contributed by atoms with van der Waals surface area (Å²) in [4.78, 5) is 44.0. The Labute approximate surface area is 210 Å². The molecule has 0 bridgehead atoms. The van der Waals surface area contributed by atoms with E-state index in [1.165, 1.54) is 6.20 Å². The third kappa shape index (κ3) is 5.48. The molecule has 0 spiro atoms. The molecule has 2 aromatic rings. The van der Waals surface area contributed by atoms with Gasteiger partial charge >= 0.3 is 0 Å². The van der Waals surface area contributed by atoms with E-state index >= 15 is 0 Å². The maximum Gasteiger partial charge on any atom is 0.268 e. The molecule has 2 fully saturated rings. The van der Waals surface area contributed by atoms with Crippen LogP contribution in [0.15, 0.2) is 18.3 Å². The molecule has 11 heteroatoms. The van der Waals surface area contributed by atoms with Gasteiger partial charge in [-0.15, -0.1) is 0 Å². The number of hydrogen-bond acceptors (Lipinski definition) is 8. The number of rotatable bonds is 6. The zero-order chi connectivity index (χ0) is 25.1. The van der Waals surface area contributed by atoms with Crippen molar-refractivity contribution in [1.29, 1.82) is 0 Å². The first kappa shape index (κ1) is 25.1. The minimum Gasteiger partial charge on any atom is -0.383 e. The van der Waals surface area contributed by atoms with Crippen molar-refractivity contribution in [2.24, 2.45) is 5.73 Å². The standard InChI is InChI=1S/C24H33ClN8O2/c1-3-4-17-14-32(23-15(2)29-19(13-28-23)22(27)34)11-12-33(17)16-7-9-31(10-8-16)24(35)18-5-6-20(25)30-21(18)26/h5-6,13,16-17H,3-4,7-12,14H2,1-2H3,(H2,26,30)(H2,27,34)/t17-/m0/s1. The number of nitrogens with two attached hydrogens (primary N) is 2. The predicted octanol–water partition coefficient (Wildman–Crippen LogP) is 2.11. The molecule has 0 saturated carbocycles. The number of piperidine rings is 1. The van der Waals surface area contributed by atoms with E-state index in [1.54, 1.807) is 12.1 Å². The minimum absolute atomic E-state index is 0.0894. The summed E-state index contributed by atoms with van der Waals surface area (Å²) < 4.78 is 0. The largest absolute Gasteiger partial charge is 0.383 e. The number of halogens is 1. The lowest BCUT2D eigenvalue weighted by Crippen LogP contribution is -2.59. The number of likely N-dealkylation sites (tertiary alicyclic amines) is 1. The number of amides is 2. The zero-order valence-electron chi connectivity index (χ0n) is 20.3. The van der Waals surface area contributed by atoms with Gasteiger partial charge in [0.2, 0.25) is 0 Å². The number of hydrogen-bond donors (Lipinski definition) is 2. The van der Waals surface area contributed by atoms with Crippen molar-refractivity contribution in [2.45, 2.75) is 51.6 Å². The molecule has 4 heterocycles. The molecule has 188 valence electrons. The Morgan fingerprint density at radius 2 is 1.89 bits per heavy atom. The molecular weight excluding hydrogens is 468 g/mol. The van der Waals surface area contributed by atoms with E-state index in [0.29, 0.717) is 36.4 Å². The second-order valence-electron chi connectivity index (χ2n) is 9.25. The number of piperazine rings is 1. The number of carbonyl (C=O) groups excluding carboxylic acids is 2. The molecule has 0 aromatic carbocycles. The van der Waals surface area contributed by atoms with E-state index in [1.807, 2.05) is 11.8 Å². The van der Waals surface area contributed by atoms with Gasteiger partial charge in [0.15, 0.2) is 0 Å². The number of pyridine rings is 1. The molecule has 4 rings (SSSR count). The first-order valence-electron chi connectivity index (χ1n) is 12.1. The van der Waals surface area contributed by atoms with Gasteiger partial charge in [0.1, 0.15) is 22.5 Å². The van der Waals surface area contributed by atoms with Crippen molar-refractivity contribution < 1.29 is 9.59 Å². The van der Waals surface area contributed by atoms with Crippen LogP contribution in [0.4, 0.5) is 11.6 Å². The SMILES string of the molecule is CCC[C@H]1CN(c2ncc(C(N)=O)nc2C)CCN1C1CCN(C(=O)c2ccc(Cl)nc2N)CC1. The minimum atomic E-state index is -0.569. The van der Waals surface area contributed by atoms with E-state index in [4.69, 9.17) is 23.1 Å². The van der Waals surface area contributed by atoms with E-state index in [2.05, 4.69) is 31.7 Å². The molecule has 10 nitrogen and oxygen atoms in total. The Bertz CT molecular complexity index is 1090. The second-order valence-corrected chi connectivity index (χ2v) is 9.63. The second kappa shape index (κ2) is 10.7. The average Bonchev–Trinajstić information content (AvgIpc) is 2.84. The molecule has 35 heavy (non-hydrogen) atoms. The van der Waals surface area contributed by atoms with E-state index in [-0.39, 0.29) is 22.6 Å². The van der Waals surface area contributed by atoms with Gasteiger partial charge in [0.25, 0.3) is 11.8 Å². The summed E-state index contributed by atoms with van der Waals surface area (Å²) in [5.41, 5.74) is 12.6. The highest BCUT2D eigenvalue weighted by molar-refractivity contribution is 6.29. The maximum absolute atomic E-state index is 13.0. The lowest BCUT2D eigenvalue weighted by Gasteiger charge is -2.48. The van der Waals surface area contributed by atoms with Crippen LogP contribution in [0.5, 0.6) is 0 Å². The van der Waals surface area contributed by atoms with Crippen LogP contribution in [-0.4, -0.2) is 81.4 Å². The zero-order valence-corrected chi connectivity index (χ0v) is 21.0. The van der Waals surface area contributed by atoms with Crippen molar-refractivity contribution >= 4 is 35.1 Å². The number of nitrogens with zero attached hydrogens (tertiary/aromatic N) is 6. The molecule has 1 atom stereocenters. The van der Waals surface area contributed by atoms with Crippen LogP contribution in [0.25, 0.3) is 0 Å². The van der Waals surface area contributed by atoms with Crippen molar-refractivity contribution in [1.82, 2.24) is 24.8 Å². The lowest BCUT2D eigenvalue weighted by atomic mass is 9.97. The number of aromatic nitrogens is 3. The van der Waals surface area contributed by atoms with Crippen molar-refractivity contribution in [3.63, 3.8) is 0 Å². The fourth-order valence-corrected chi connectivity index (χ4v) is 5.39. The monoisotopic (exact) mass is 500 g/mol. The maximum atomic E-state index is 13.0. The number of aryl methyl sites for hydroxylation is 1. The van der Waals surface area contributed by atoms with E-state index < -0.39 is 5.91 Å². The first-order valence-corrected chi connectivity index (χ1v) is 12.5. The van der Waals surface area contributed by atoms with Crippen LogP contribution in [0.2, 0.25) is 5.15 Å². The van der Waals surface area contributed by atoms with Gasteiger partial charge in [-0.25, -0.2) is 15.0 Å². The molecule has 2 aromatic heterocycles.